The van der Waals surface area contributed by atoms with Gasteiger partial charge in [0.15, 0.2) is 6.61 Å². The van der Waals surface area contributed by atoms with Crippen LogP contribution in [0.3, 0.4) is 0 Å². The number of hydrogen-bond acceptors (Lipinski definition) is 5. The Kier molecular flexibility index (Phi) is 8.09. The molecule has 0 aliphatic rings. The normalized spacial score (nSPS) is 10.3. The van der Waals surface area contributed by atoms with Gasteiger partial charge in [-0.2, -0.15) is 0 Å². The second-order valence-corrected chi connectivity index (χ2v) is 6.97. The van der Waals surface area contributed by atoms with E-state index in [9.17, 15) is 9.59 Å². The second-order valence-electron chi connectivity index (χ2n) is 5.11. The Morgan fingerprint density at radius 3 is 2.69 bits per heavy atom. The van der Waals surface area contributed by atoms with Crippen molar-refractivity contribution in [2.45, 2.75) is 11.4 Å². The van der Waals surface area contributed by atoms with E-state index in [1.165, 1.54) is 11.8 Å². The zero-order valence-corrected chi connectivity index (χ0v) is 16.3. The molecule has 0 spiro atoms. The molecule has 2 aromatic carbocycles. The average molecular weight is 414 g/mol. The maximum absolute atomic E-state index is 11.8. The van der Waals surface area contributed by atoms with E-state index in [0.29, 0.717) is 20.7 Å². The molecule has 0 saturated carbocycles. The summed E-state index contributed by atoms with van der Waals surface area (Å²) in [5.74, 6) is -0.201. The highest BCUT2D eigenvalue weighted by atomic mass is 35.5. The van der Waals surface area contributed by atoms with Gasteiger partial charge in [0.25, 0.3) is 5.91 Å². The number of hydrogen-bond donors (Lipinski definition) is 1. The minimum atomic E-state index is -0.515. The van der Waals surface area contributed by atoms with E-state index in [0.717, 1.165) is 5.56 Å². The van der Waals surface area contributed by atoms with Crippen LogP contribution in [0.4, 0.5) is 0 Å². The van der Waals surface area contributed by atoms with E-state index < -0.39 is 11.9 Å². The Labute approximate surface area is 166 Å². The topological polar surface area (TPSA) is 64.6 Å². The number of carbonyl (C=O) groups is 2. The molecule has 0 aliphatic heterocycles. The van der Waals surface area contributed by atoms with Crippen LogP contribution < -0.4 is 10.1 Å². The van der Waals surface area contributed by atoms with Gasteiger partial charge < -0.3 is 14.8 Å². The molecule has 138 valence electrons. The molecule has 2 aromatic rings. The van der Waals surface area contributed by atoms with Gasteiger partial charge in [0.2, 0.25) is 0 Å². The molecule has 8 heteroatoms. The minimum Gasteiger partial charge on any atom is -0.496 e. The van der Waals surface area contributed by atoms with Crippen LogP contribution in [0.25, 0.3) is 0 Å². The number of nitrogens with one attached hydrogen (secondary N) is 1. The van der Waals surface area contributed by atoms with Crippen LogP contribution in [0.1, 0.15) is 5.56 Å². The summed E-state index contributed by atoms with van der Waals surface area (Å²) in [6.07, 6.45) is 0. The zero-order valence-electron chi connectivity index (χ0n) is 14.0. The van der Waals surface area contributed by atoms with Crippen molar-refractivity contribution in [3.63, 3.8) is 0 Å². The summed E-state index contributed by atoms with van der Waals surface area (Å²) in [5, 5.41) is 3.71. The van der Waals surface area contributed by atoms with Gasteiger partial charge in [-0.1, -0.05) is 41.4 Å². The molecule has 0 atom stereocenters. The van der Waals surface area contributed by atoms with Crippen molar-refractivity contribution < 1.29 is 19.1 Å². The molecule has 2 rings (SSSR count). The summed E-state index contributed by atoms with van der Waals surface area (Å²) in [6, 6.07) is 12.3. The number of para-hydroxylation sites is 1. The van der Waals surface area contributed by atoms with Gasteiger partial charge in [-0.15, -0.1) is 11.8 Å². The molecular weight excluding hydrogens is 397 g/mol. The molecule has 0 saturated heterocycles. The van der Waals surface area contributed by atoms with Crippen LogP contribution in [-0.2, 0) is 20.9 Å². The SMILES string of the molecule is COc1ccccc1CNC(=O)COC(=O)CSc1cc(Cl)ccc1Cl. The van der Waals surface area contributed by atoms with E-state index in [-0.39, 0.29) is 18.9 Å². The second kappa shape index (κ2) is 10.3. The van der Waals surface area contributed by atoms with Crippen LogP contribution in [0, 0.1) is 0 Å². The Balaban J connectivity index is 1.73. The smallest absolute Gasteiger partial charge is 0.316 e. The number of methoxy groups -OCH3 is 1. The number of carbonyl (C=O) groups excluding carboxylic acids is 2. The number of thioether (sulfide) groups is 1. The van der Waals surface area contributed by atoms with E-state index in [1.54, 1.807) is 31.4 Å². The van der Waals surface area contributed by atoms with Crippen molar-refractivity contribution in [1.82, 2.24) is 5.32 Å². The predicted octanol–water partition coefficient (Wildman–Crippen LogP) is 3.95. The summed E-state index contributed by atoms with van der Waals surface area (Å²) in [5.41, 5.74) is 0.834. The number of esters is 1. The highest BCUT2D eigenvalue weighted by Gasteiger charge is 2.11. The first kappa shape index (κ1) is 20.4. The van der Waals surface area contributed by atoms with E-state index in [4.69, 9.17) is 32.7 Å². The van der Waals surface area contributed by atoms with Crippen molar-refractivity contribution in [2.75, 3.05) is 19.5 Å². The van der Waals surface area contributed by atoms with Gasteiger partial charge in [-0.3, -0.25) is 9.59 Å². The Morgan fingerprint density at radius 1 is 1.15 bits per heavy atom. The van der Waals surface area contributed by atoms with Gasteiger partial charge in [0.05, 0.1) is 17.9 Å². The zero-order chi connectivity index (χ0) is 18.9. The summed E-state index contributed by atoms with van der Waals surface area (Å²) in [4.78, 5) is 24.3. The standard InChI is InChI=1S/C18H17Cl2NO4S/c1-24-15-5-3-2-4-12(15)9-21-17(22)10-25-18(23)11-26-16-8-13(19)6-7-14(16)20/h2-8H,9-11H2,1H3,(H,21,22). The first-order valence-electron chi connectivity index (χ1n) is 7.61. The summed E-state index contributed by atoms with van der Waals surface area (Å²) >= 11 is 13.1. The van der Waals surface area contributed by atoms with Crippen LogP contribution in [0.5, 0.6) is 5.75 Å². The third-order valence-electron chi connectivity index (χ3n) is 3.27. The van der Waals surface area contributed by atoms with Crippen LogP contribution in [0.2, 0.25) is 10.0 Å². The third-order valence-corrected chi connectivity index (χ3v) is 4.98. The molecule has 0 unspecified atom stereocenters. The maximum atomic E-state index is 11.8. The highest BCUT2D eigenvalue weighted by molar-refractivity contribution is 8.00. The molecule has 0 heterocycles. The average Bonchev–Trinajstić information content (AvgIpc) is 2.65. The molecule has 0 aromatic heterocycles. The van der Waals surface area contributed by atoms with Gasteiger partial charge in [0, 0.05) is 22.0 Å². The van der Waals surface area contributed by atoms with Crippen molar-refractivity contribution in [3.05, 3.63) is 58.1 Å². The van der Waals surface area contributed by atoms with E-state index in [1.807, 2.05) is 18.2 Å². The van der Waals surface area contributed by atoms with Crippen molar-refractivity contribution in [2.24, 2.45) is 0 Å². The van der Waals surface area contributed by atoms with Crippen molar-refractivity contribution in [3.8, 4) is 5.75 Å². The first-order valence-corrected chi connectivity index (χ1v) is 9.36. The Hall–Kier alpha value is -1.89. The fraction of sp³-hybridized carbons (Fsp3) is 0.222. The number of halogens is 2. The molecule has 0 aliphatic carbocycles. The molecule has 26 heavy (non-hydrogen) atoms. The predicted molar refractivity (Wildman–Crippen MR) is 103 cm³/mol. The molecular formula is C18H17Cl2NO4S. The molecule has 0 fully saturated rings. The van der Waals surface area contributed by atoms with E-state index >= 15 is 0 Å². The quantitative estimate of drug-likeness (QED) is 0.524. The minimum absolute atomic E-state index is 0.0276. The third kappa shape index (κ3) is 6.44. The lowest BCUT2D eigenvalue weighted by atomic mass is 10.2. The largest absolute Gasteiger partial charge is 0.496 e. The molecule has 1 amide bonds. The van der Waals surface area contributed by atoms with Crippen LogP contribution >= 0.6 is 35.0 Å². The number of rotatable bonds is 8. The van der Waals surface area contributed by atoms with Crippen LogP contribution in [0.15, 0.2) is 47.4 Å². The molecule has 0 radical (unpaired) electrons. The van der Waals surface area contributed by atoms with Gasteiger partial charge in [-0.05, 0) is 24.3 Å². The van der Waals surface area contributed by atoms with Gasteiger partial charge in [-0.25, -0.2) is 0 Å². The lowest BCUT2D eigenvalue weighted by molar-refractivity contribution is -0.145. The first-order chi connectivity index (χ1) is 12.5. The maximum Gasteiger partial charge on any atom is 0.316 e. The fourth-order valence-electron chi connectivity index (χ4n) is 2.01. The number of benzene rings is 2. The summed E-state index contributed by atoms with van der Waals surface area (Å²) in [7, 11) is 1.56. The molecule has 1 N–H and O–H groups in total. The van der Waals surface area contributed by atoms with Crippen LogP contribution in [-0.4, -0.2) is 31.3 Å². The van der Waals surface area contributed by atoms with Crippen molar-refractivity contribution >= 4 is 46.8 Å². The molecule has 0 bridgehead atoms. The lowest BCUT2D eigenvalue weighted by Crippen LogP contribution is -2.28. The summed E-state index contributed by atoms with van der Waals surface area (Å²) in [6.45, 7) is -0.0644. The Morgan fingerprint density at radius 2 is 1.92 bits per heavy atom. The lowest BCUT2D eigenvalue weighted by Gasteiger charge is -2.10. The van der Waals surface area contributed by atoms with E-state index in [2.05, 4.69) is 5.32 Å². The monoisotopic (exact) mass is 413 g/mol. The number of ether oxygens (including phenoxy) is 2. The number of amides is 1. The Bertz CT molecular complexity index is 786. The fourth-order valence-corrected chi connectivity index (χ4v) is 3.30. The van der Waals surface area contributed by atoms with Crippen molar-refractivity contribution in [1.29, 1.82) is 0 Å². The summed E-state index contributed by atoms with van der Waals surface area (Å²) < 4.78 is 10.2. The van der Waals surface area contributed by atoms with Gasteiger partial charge >= 0.3 is 5.97 Å². The van der Waals surface area contributed by atoms with Gasteiger partial charge in [0.1, 0.15) is 5.75 Å². The highest BCUT2D eigenvalue weighted by Crippen LogP contribution is 2.29. The molecule has 5 nitrogen and oxygen atoms in total.